The fraction of sp³-hybridized carbons (Fsp3) is 0.115. The van der Waals surface area contributed by atoms with Crippen LogP contribution >= 0.6 is 23.2 Å². The molecule has 0 atom stereocenters. The SMILES string of the molecule is CCOc1cccc(Cl)c1NC(=O)c1cc2ccccc2c(N=Nc2cc(C)cc(S(=O)(=O)O)c2Cl)c1O. The van der Waals surface area contributed by atoms with E-state index in [2.05, 4.69) is 15.5 Å². The average molecular weight is 574 g/mol. The molecule has 9 nitrogen and oxygen atoms in total. The third kappa shape index (κ3) is 5.58. The molecule has 0 radical (unpaired) electrons. The van der Waals surface area contributed by atoms with Crippen molar-refractivity contribution in [2.75, 3.05) is 11.9 Å². The van der Waals surface area contributed by atoms with Gasteiger partial charge in [-0.05, 0) is 55.1 Å². The standard InChI is InChI=1S/C26H21Cl2N3O6S/c1-3-37-20-10-6-9-18(27)24(20)29-26(33)17-13-15-7-4-5-8-16(15)23(25(17)32)31-30-19-11-14(2)12-21(22(19)28)38(34,35)36/h4-13,32H,3H2,1-2H3,(H,29,33)(H,34,35,36). The summed E-state index contributed by atoms with van der Waals surface area (Å²) in [5, 5.41) is 22.9. The van der Waals surface area contributed by atoms with Gasteiger partial charge in [0, 0.05) is 5.39 Å². The number of para-hydroxylation sites is 1. The Morgan fingerprint density at radius 2 is 1.79 bits per heavy atom. The number of azo groups is 1. The first kappa shape index (κ1) is 27.3. The van der Waals surface area contributed by atoms with Gasteiger partial charge in [-0.2, -0.15) is 8.42 Å². The summed E-state index contributed by atoms with van der Waals surface area (Å²) in [6.07, 6.45) is 0. The highest BCUT2D eigenvalue weighted by molar-refractivity contribution is 7.86. The van der Waals surface area contributed by atoms with Crippen molar-refractivity contribution in [3.05, 3.63) is 81.8 Å². The van der Waals surface area contributed by atoms with Crippen LogP contribution in [0, 0.1) is 6.92 Å². The lowest BCUT2D eigenvalue weighted by atomic mass is 10.0. The number of aryl methyl sites for hydroxylation is 1. The molecule has 0 saturated carbocycles. The number of aromatic hydroxyl groups is 1. The van der Waals surface area contributed by atoms with Gasteiger partial charge < -0.3 is 15.2 Å². The summed E-state index contributed by atoms with van der Waals surface area (Å²) in [6.45, 7) is 3.72. The first-order chi connectivity index (χ1) is 18.0. The maximum absolute atomic E-state index is 13.3. The Hall–Kier alpha value is -3.70. The summed E-state index contributed by atoms with van der Waals surface area (Å²) in [5.74, 6) is -0.799. The smallest absolute Gasteiger partial charge is 0.296 e. The number of hydrogen-bond acceptors (Lipinski definition) is 7. The number of carbonyl (C=O) groups is 1. The molecule has 4 aromatic rings. The van der Waals surface area contributed by atoms with Crippen molar-refractivity contribution in [2.45, 2.75) is 18.7 Å². The molecule has 0 aliphatic heterocycles. The molecule has 12 heteroatoms. The number of benzene rings is 4. The Morgan fingerprint density at radius 3 is 2.50 bits per heavy atom. The largest absolute Gasteiger partial charge is 0.505 e. The van der Waals surface area contributed by atoms with Gasteiger partial charge in [0.1, 0.15) is 27.7 Å². The number of carbonyl (C=O) groups excluding carboxylic acids is 1. The van der Waals surface area contributed by atoms with Crippen LogP contribution in [0.5, 0.6) is 11.5 Å². The highest BCUT2D eigenvalue weighted by Gasteiger charge is 2.22. The number of phenolic OH excluding ortho intramolecular Hbond substituents is 1. The minimum absolute atomic E-state index is 0.0524. The quantitative estimate of drug-likeness (QED) is 0.155. The maximum Gasteiger partial charge on any atom is 0.296 e. The van der Waals surface area contributed by atoms with Crippen LogP contribution in [0.4, 0.5) is 17.1 Å². The molecule has 0 saturated heterocycles. The number of amides is 1. The van der Waals surface area contributed by atoms with Crippen LogP contribution < -0.4 is 10.1 Å². The number of hydrogen-bond donors (Lipinski definition) is 3. The van der Waals surface area contributed by atoms with E-state index < -0.39 is 26.7 Å². The van der Waals surface area contributed by atoms with Gasteiger partial charge in [-0.25, -0.2) is 0 Å². The zero-order valence-electron chi connectivity index (χ0n) is 20.1. The van der Waals surface area contributed by atoms with Crippen molar-refractivity contribution in [1.82, 2.24) is 0 Å². The topological polar surface area (TPSA) is 138 Å². The Labute approximate surface area is 228 Å². The number of ether oxygens (including phenoxy) is 1. The van der Waals surface area contributed by atoms with Crippen LogP contribution in [0.2, 0.25) is 10.0 Å². The zero-order chi connectivity index (χ0) is 27.6. The molecule has 0 bridgehead atoms. The predicted octanol–water partition coefficient (Wildman–Crippen LogP) is 7.47. The summed E-state index contributed by atoms with van der Waals surface area (Å²) < 4.78 is 38.5. The first-order valence-electron chi connectivity index (χ1n) is 11.2. The molecule has 0 fully saturated rings. The van der Waals surface area contributed by atoms with E-state index in [1.807, 2.05) is 0 Å². The molecule has 0 aromatic heterocycles. The van der Waals surface area contributed by atoms with Gasteiger partial charge in [-0.1, -0.05) is 53.5 Å². The molecule has 38 heavy (non-hydrogen) atoms. The monoisotopic (exact) mass is 573 g/mol. The summed E-state index contributed by atoms with van der Waals surface area (Å²) in [6, 6.07) is 15.9. The molecule has 4 rings (SSSR count). The highest BCUT2D eigenvalue weighted by Crippen LogP contribution is 2.42. The average Bonchev–Trinajstić information content (AvgIpc) is 2.86. The Morgan fingerprint density at radius 1 is 1.05 bits per heavy atom. The third-order valence-corrected chi connectivity index (χ3v) is 7.16. The van der Waals surface area contributed by atoms with E-state index >= 15 is 0 Å². The van der Waals surface area contributed by atoms with E-state index in [0.717, 1.165) is 0 Å². The molecule has 1 amide bonds. The molecule has 0 aliphatic carbocycles. The van der Waals surface area contributed by atoms with E-state index in [1.165, 1.54) is 18.2 Å². The molecule has 0 heterocycles. The van der Waals surface area contributed by atoms with Crippen molar-refractivity contribution in [3.63, 3.8) is 0 Å². The molecular weight excluding hydrogens is 553 g/mol. The van der Waals surface area contributed by atoms with Gasteiger partial charge in [-0.3, -0.25) is 9.35 Å². The minimum Gasteiger partial charge on any atom is -0.505 e. The van der Waals surface area contributed by atoms with Crippen molar-refractivity contribution in [1.29, 1.82) is 0 Å². The van der Waals surface area contributed by atoms with Crippen LogP contribution in [0.25, 0.3) is 10.8 Å². The van der Waals surface area contributed by atoms with Gasteiger partial charge >= 0.3 is 0 Å². The lowest BCUT2D eigenvalue weighted by Gasteiger charge is -2.15. The predicted molar refractivity (Wildman–Crippen MR) is 146 cm³/mol. The molecule has 4 aromatic carbocycles. The normalized spacial score (nSPS) is 11.7. The van der Waals surface area contributed by atoms with Crippen molar-refractivity contribution >= 4 is 67.1 Å². The van der Waals surface area contributed by atoms with Crippen molar-refractivity contribution in [2.24, 2.45) is 10.2 Å². The van der Waals surface area contributed by atoms with Crippen LogP contribution in [-0.4, -0.2) is 30.6 Å². The van der Waals surface area contributed by atoms with E-state index in [1.54, 1.807) is 56.3 Å². The third-order valence-electron chi connectivity index (χ3n) is 5.45. The fourth-order valence-electron chi connectivity index (χ4n) is 3.76. The number of halogens is 2. The summed E-state index contributed by atoms with van der Waals surface area (Å²) in [4.78, 5) is 12.8. The number of fused-ring (bicyclic) bond motifs is 1. The van der Waals surface area contributed by atoms with Gasteiger partial charge in [-0.15, -0.1) is 10.2 Å². The van der Waals surface area contributed by atoms with E-state index in [4.69, 9.17) is 27.9 Å². The maximum atomic E-state index is 13.3. The summed E-state index contributed by atoms with van der Waals surface area (Å²) >= 11 is 12.5. The van der Waals surface area contributed by atoms with Crippen molar-refractivity contribution < 1.29 is 27.6 Å². The summed E-state index contributed by atoms with van der Waals surface area (Å²) in [7, 11) is -4.62. The van der Waals surface area contributed by atoms with Crippen molar-refractivity contribution in [3.8, 4) is 11.5 Å². The lowest BCUT2D eigenvalue weighted by Crippen LogP contribution is -2.14. The van der Waals surface area contributed by atoms with Gasteiger partial charge in [0.05, 0.1) is 22.2 Å². The van der Waals surface area contributed by atoms with E-state index in [9.17, 15) is 22.9 Å². The highest BCUT2D eigenvalue weighted by atomic mass is 35.5. The number of nitrogens with one attached hydrogen (secondary N) is 1. The molecule has 0 spiro atoms. The zero-order valence-corrected chi connectivity index (χ0v) is 22.4. The number of rotatable bonds is 7. The molecule has 0 aliphatic rings. The second kappa shape index (κ2) is 11.0. The number of phenols is 1. The fourth-order valence-corrected chi connectivity index (χ4v) is 5.07. The molecule has 3 N–H and O–H groups in total. The van der Waals surface area contributed by atoms with Crippen LogP contribution in [0.3, 0.4) is 0 Å². The second-order valence-electron chi connectivity index (χ2n) is 8.11. The first-order valence-corrected chi connectivity index (χ1v) is 13.4. The summed E-state index contributed by atoms with van der Waals surface area (Å²) in [5.41, 5.74) is 0.455. The molecular formula is C26H21Cl2N3O6S. The van der Waals surface area contributed by atoms with Gasteiger partial charge in [0.2, 0.25) is 0 Å². The van der Waals surface area contributed by atoms with Crippen LogP contribution in [0.1, 0.15) is 22.8 Å². The second-order valence-corrected chi connectivity index (χ2v) is 10.3. The number of nitrogens with zero attached hydrogens (tertiary/aromatic N) is 2. The van der Waals surface area contributed by atoms with Crippen LogP contribution in [-0.2, 0) is 10.1 Å². The van der Waals surface area contributed by atoms with Gasteiger partial charge in [0.25, 0.3) is 16.0 Å². The molecule has 0 unspecified atom stereocenters. The molecule has 196 valence electrons. The lowest BCUT2D eigenvalue weighted by molar-refractivity contribution is 0.102. The minimum atomic E-state index is -4.62. The Kier molecular flexibility index (Phi) is 7.89. The van der Waals surface area contributed by atoms with E-state index in [0.29, 0.717) is 28.7 Å². The van der Waals surface area contributed by atoms with Gasteiger partial charge in [0.15, 0.2) is 5.75 Å². The Balaban J connectivity index is 1.83. The van der Waals surface area contributed by atoms with E-state index in [-0.39, 0.29) is 32.7 Å². The number of anilines is 1. The van der Waals surface area contributed by atoms with Crippen LogP contribution in [0.15, 0.2) is 75.8 Å². The Bertz CT molecular complexity index is 1710.